The lowest BCUT2D eigenvalue weighted by molar-refractivity contribution is -0.129. The summed E-state index contributed by atoms with van der Waals surface area (Å²) in [5.74, 6) is 4.85. The molecule has 10 rings (SSSR count). The number of aliphatic hydroxyl groups is 2. The van der Waals surface area contributed by atoms with Crippen molar-refractivity contribution in [2.24, 2.45) is 7.05 Å². The summed E-state index contributed by atoms with van der Waals surface area (Å²) in [6.45, 7) is 21.4. The van der Waals surface area contributed by atoms with E-state index in [0.717, 1.165) is 60.2 Å². The Bertz CT molecular complexity index is 4870. The second-order valence-corrected chi connectivity index (χ2v) is 28.4. The van der Waals surface area contributed by atoms with Gasteiger partial charge in [0.25, 0.3) is 0 Å². The van der Waals surface area contributed by atoms with Crippen LogP contribution in [0.4, 0.5) is 5.69 Å². The van der Waals surface area contributed by atoms with Crippen molar-refractivity contribution in [3.63, 3.8) is 0 Å². The van der Waals surface area contributed by atoms with Crippen LogP contribution in [0.3, 0.4) is 0 Å². The smallest absolute Gasteiger partial charge is 0.336 e. The first-order chi connectivity index (χ1) is 56.9. The summed E-state index contributed by atoms with van der Waals surface area (Å²) >= 11 is 0. The maximum absolute atomic E-state index is 12.1. The number of hydrogen-bond acceptors (Lipinski definition) is 16. The lowest BCUT2D eigenvalue weighted by atomic mass is 9.99. The fourth-order valence-electron chi connectivity index (χ4n) is 11.4. The van der Waals surface area contributed by atoms with Crippen LogP contribution in [0.2, 0.25) is 0 Å². The number of hydrogen-bond donors (Lipinski definition) is 2. The average Bonchev–Trinajstić information content (AvgIpc) is 0.887. The molecule has 1 heterocycles. The molecular weight excluding hydrogens is 1480 g/mol. The van der Waals surface area contributed by atoms with Gasteiger partial charge < -0.3 is 57.6 Å². The zero-order valence-electron chi connectivity index (χ0n) is 71.1. The highest BCUT2D eigenvalue weighted by Gasteiger charge is 2.14. The molecule has 10 aromatic rings. The number of rotatable bonds is 31. The van der Waals surface area contributed by atoms with Crippen molar-refractivity contribution in [1.82, 2.24) is 4.57 Å². The third kappa shape index (κ3) is 32.3. The number of esters is 5. The van der Waals surface area contributed by atoms with Crippen molar-refractivity contribution in [3.8, 4) is 46.0 Å². The fraction of sp³-hybridized carbons (Fsp3) is 0.277. The molecule has 1 aromatic heterocycles. The minimum absolute atomic E-state index is 0.0716. The standard InChI is InChI=1S/C22H26O5.C21H25NO2.C21H24O4.C19H20O2.C18H21NO2/c1-5-15(2)16-6-9-19(10-7-16)27-22(24)11-8-17-12-18(14-23)21(26-4)13-20(17)25-3;1-5-16(2)18-9-13-20(14-10-18)24-21(23)15-8-17-6-11-19(12-7-17)22(3)4;1-4-15(2)17-6-9-19(10-7-17)25-21(23)12-8-18-13-16(14-22)5-11-20(18)24-3;1-3-15(2)17-10-12-18(13-11-17)21-19(20)14-9-16-7-5-4-6-8-16;1-4-14(2)15-7-10-17(11-8-15)21-18(20)12-9-16-6-5-13-19(16)3/h6-13,15,23H,5,14H2,1-4H3;6-16H,5H2,1-4H3;5-13,15,22H,4,14H2,1-3H3;4-15H,3H2,1-2H3;5-14H,4H2,1-3H3/b11-8+;15-8+;12-8+;14-9+;12-9+. The number of aryl methyl sites for hydroxylation is 1. The van der Waals surface area contributed by atoms with E-state index >= 15 is 0 Å². The van der Waals surface area contributed by atoms with E-state index in [4.69, 9.17) is 37.9 Å². The number of methoxy groups -OCH3 is 3. The van der Waals surface area contributed by atoms with E-state index in [-0.39, 0.29) is 31.1 Å². The van der Waals surface area contributed by atoms with Crippen molar-refractivity contribution in [2.75, 3.05) is 40.3 Å². The molecule has 0 amide bonds. The van der Waals surface area contributed by atoms with Gasteiger partial charge in [-0.25, -0.2) is 24.0 Å². The molecule has 0 fully saturated rings. The van der Waals surface area contributed by atoms with E-state index in [1.54, 1.807) is 92.1 Å². The number of nitrogens with zero attached hydrogens (tertiary/aromatic N) is 2. The average molecular weight is 1600 g/mol. The summed E-state index contributed by atoms with van der Waals surface area (Å²) in [5, 5.41) is 18.7. The highest BCUT2D eigenvalue weighted by atomic mass is 16.6. The first-order valence-electron chi connectivity index (χ1n) is 39.9. The molecule has 0 saturated carbocycles. The largest absolute Gasteiger partial charge is 0.496 e. The summed E-state index contributed by atoms with van der Waals surface area (Å²) in [7, 11) is 10.5. The van der Waals surface area contributed by atoms with Crippen LogP contribution in [0.5, 0.6) is 46.0 Å². The molecule has 9 aromatic carbocycles. The number of aromatic nitrogens is 1. The van der Waals surface area contributed by atoms with Gasteiger partial charge in [0.05, 0.1) is 34.5 Å². The number of carbonyl (C=O) groups is 5. The second-order valence-electron chi connectivity index (χ2n) is 28.4. The Morgan fingerprint density at radius 2 is 0.686 bits per heavy atom. The number of aliphatic hydroxyl groups excluding tert-OH is 2. The second kappa shape index (κ2) is 50.7. The first kappa shape index (κ1) is 94.3. The summed E-state index contributed by atoms with van der Waals surface area (Å²) in [6, 6.07) is 68.4. The summed E-state index contributed by atoms with van der Waals surface area (Å²) < 4.78 is 44.3. The van der Waals surface area contributed by atoms with E-state index in [2.05, 4.69) is 69.2 Å². The summed E-state index contributed by atoms with van der Waals surface area (Å²) in [4.78, 5) is 61.6. The minimum Gasteiger partial charge on any atom is -0.496 e. The van der Waals surface area contributed by atoms with Crippen LogP contribution < -0.4 is 42.8 Å². The highest BCUT2D eigenvalue weighted by molar-refractivity contribution is 5.91. The molecule has 17 heteroatoms. The quantitative estimate of drug-likeness (QED) is 0.0235. The van der Waals surface area contributed by atoms with E-state index in [1.807, 2.05) is 201 Å². The third-order valence-electron chi connectivity index (χ3n) is 19.9. The van der Waals surface area contributed by atoms with Crippen molar-refractivity contribution in [2.45, 2.75) is 144 Å². The van der Waals surface area contributed by atoms with Crippen LogP contribution in [0.1, 0.15) is 198 Å². The van der Waals surface area contributed by atoms with Crippen LogP contribution in [0.25, 0.3) is 30.4 Å². The van der Waals surface area contributed by atoms with Crippen LogP contribution in [-0.4, -0.2) is 80.1 Å². The minimum atomic E-state index is -0.491. The Balaban J connectivity index is 0.000000230. The number of ether oxygens (including phenoxy) is 8. The van der Waals surface area contributed by atoms with Gasteiger partial charge in [-0.3, -0.25) is 0 Å². The van der Waals surface area contributed by atoms with Gasteiger partial charge in [0.15, 0.2) is 0 Å². The van der Waals surface area contributed by atoms with E-state index in [1.165, 1.54) is 72.4 Å². The first-order valence-corrected chi connectivity index (χ1v) is 39.9. The third-order valence-corrected chi connectivity index (χ3v) is 19.9. The van der Waals surface area contributed by atoms with Crippen LogP contribution in [0.15, 0.2) is 255 Å². The molecule has 118 heavy (non-hydrogen) atoms. The molecule has 0 spiro atoms. The predicted molar refractivity (Wildman–Crippen MR) is 476 cm³/mol. The Morgan fingerprint density at radius 1 is 0.356 bits per heavy atom. The molecule has 0 radical (unpaired) electrons. The van der Waals surface area contributed by atoms with E-state index < -0.39 is 11.9 Å². The van der Waals surface area contributed by atoms with Gasteiger partial charge in [-0.05, 0) is 240 Å². The molecule has 620 valence electrons. The van der Waals surface area contributed by atoms with Gasteiger partial charge in [0.1, 0.15) is 46.0 Å². The van der Waals surface area contributed by atoms with Crippen molar-refractivity contribution < 1.29 is 72.1 Å². The Morgan fingerprint density at radius 3 is 0.992 bits per heavy atom. The van der Waals surface area contributed by atoms with Gasteiger partial charge in [0.2, 0.25) is 0 Å². The summed E-state index contributed by atoms with van der Waals surface area (Å²) in [6.07, 6.45) is 22.8. The van der Waals surface area contributed by atoms with Crippen molar-refractivity contribution in [1.29, 1.82) is 0 Å². The predicted octanol–water partition coefficient (Wildman–Crippen LogP) is 22.5. The maximum Gasteiger partial charge on any atom is 0.336 e. The monoisotopic (exact) mass is 1600 g/mol. The summed E-state index contributed by atoms with van der Waals surface area (Å²) in [5.41, 5.74) is 12.9. The highest BCUT2D eigenvalue weighted by Crippen LogP contribution is 2.32. The van der Waals surface area contributed by atoms with Crippen LogP contribution in [-0.2, 0) is 44.2 Å². The van der Waals surface area contributed by atoms with Crippen molar-refractivity contribution >= 4 is 65.9 Å². The van der Waals surface area contributed by atoms with E-state index in [0.29, 0.717) is 92.3 Å². The molecule has 0 bridgehead atoms. The zero-order valence-corrected chi connectivity index (χ0v) is 71.1. The zero-order chi connectivity index (χ0) is 85.9. The molecule has 0 aliphatic carbocycles. The molecule has 17 nitrogen and oxygen atoms in total. The lowest BCUT2D eigenvalue weighted by Gasteiger charge is -2.11. The molecule has 0 aliphatic rings. The van der Waals surface area contributed by atoms with E-state index in [9.17, 15) is 34.2 Å². The Hall–Kier alpha value is -12.6. The lowest BCUT2D eigenvalue weighted by Crippen LogP contribution is -2.08. The van der Waals surface area contributed by atoms with Crippen LogP contribution >= 0.6 is 0 Å². The van der Waals surface area contributed by atoms with Gasteiger partial charge in [-0.2, -0.15) is 0 Å². The Labute approximate surface area is 698 Å². The van der Waals surface area contributed by atoms with Gasteiger partial charge in [0, 0.05) is 91.9 Å². The van der Waals surface area contributed by atoms with Crippen molar-refractivity contribution in [3.05, 3.63) is 322 Å². The Kier molecular flexibility index (Phi) is 40.5. The molecule has 5 atom stereocenters. The number of anilines is 1. The molecule has 0 saturated heterocycles. The van der Waals surface area contributed by atoms with Gasteiger partial charge in [-0.15, -0.1) is 0 Å². The van der Waals surface area contributed by atoms with Crippen LogP contribution in [0, 0.1) is 0 Å². The normalized spacial score (nSPS) is 12.2. The van der Waals surface area contributed by atoms with Gasteiger partial charge >= 0.3 is 29.8 Å². The number of carbonyl (C=O) groups excluding carboxylic acids is 5. The maximum atomic E-state index is 12.1. The number of benzene rings is 9. The molecular formula is C101H116N2O15. The topological polar surface area (TPSA) is 208 Å². The molecule has 0 aliphatic heterocycles. The SMILES string of the molecule is CCC(C)c1ccc(OC(=O)/C=C/c2cc(CO)c(OC)cc2OC)cc1.CCC(C)c1ccc(OC(=O)/C=C/c2cc(CO)ccc2OC)cc1.CCC(C)c1ccc(OC(=O)/C=C/c2ccc(N(C)C)cc2)cc1.CCC(C)c1ccc(OC(=O)/C=C/c2ccccc2)cc1.CCC(C)c1ccc(OC(=O)/C=C/c2cccn2C)cc1. The fourth-order valence-corrected chi connectivity index (χ4v) is 11.4. The molecule has 5 unspecified atom stereocenters. The molecule has 2 N–H and O–H groups in total. The van der Waals surface area contributed by atoms with Gasteiger partial charge in [-0.1, -0.05) is 178 Å².